The minimum atomic E-state index is -0.436. The number of non-ortho nitro benzene ring substituents is 1. The van der Waals surface area contributed by atoms with Crippen molar-refractivity contribution in [2.45, 2.75) is 6.61 Å². The molecule has 0 heterocycles. The third kappa shape index (κ3) is 6.61. The van der Waals surface area contributed by atoms with Crippen LogP contribution in [0.15, 0.2) is 65.8 Å². The lowest BCUT2D eigenvalue weighted by Crippen LogP contribution is -2.17. The van der Waals surface area contributed by atoms with Crippen LogP contribution >= 0.6 is 56.8 Å². The van der Waals surface area contributed by atoms with E-state index in [1.165, 1.54) is 12.1 Å². The van der Waals surface area contributed by atoms with Gasteiger partial charge in [-0.15, -0.1) is 0 Å². The number of carbonyl (C=O) groups is 1. The summed E-state index contributed by atoms with van der Waals surface area (Å²) in [6, 6.07) is 16.5. The van der Waals surface area contributed by atoms with Gasteiger partial charge in [-0.3, -0.25) is 14.9 Å². The number of halogens is 3. The van der Waals surface area contributed by atoms with Crippen LogP contribution in [0.25, 0.3) is 0 Å². The highest BCUT2D eigenvalue weighted by Gasteiger charge is 2.10. The van der Waals surface area contributed by atoms with Gasteiger partial charge in [-0.25, -0.2) is 5.43 Å². The molecule has 0 aromatic heterocycles. The summed E-state index contributed by atoms with van der Waals surface area (Å²) >= 11 is 10.2. The van der Waals surface area contributed by atoms with E-state index >= 15 is 0 Å². The lowest BCUT2D eigenvalue weighted by molar-refractivity contribution is -0.384. The number of nitrogens with one attached hydrogen (secondary N) is 1. The van der Waals surface area contributed by atoms with Crippen LogP contribution in [0.2, 0.25) is 5.02 Å². The molecule has 1 N–H and O–H groups in total. The molecule has 0 spiro atoms. The third-order valence-corrected chi connectivity index (χ3v) is 5.89. The molecule has 0 bridgehead atoms. The summed E-state index contributed by atoms with van der Waals surface area (Å²) in [5.41, 5.74) is 4.61. The van der Waals surface area contributed by atoms with Crippen LogP contribution in [0.3, 0.4) is 0 Å². The zero-order valence-corrected chi connectivity index (χ0v) is 20.8. The first-order valence-electron chi connectivity index (χ1n) is 8.77. The number of carbonyl (C=O) groups excluding carboxylic acids is 1. The Hall–Kier alpha value is -2.25. The lowest BCUT2D eigenvalue weighted by Gasteiger charge is -2.11. The molecular weight excluding hydrogens is 648 g/mol. The number of hydrazone groups is 1. The number of amides is 1. The summed E-state index contributed by atoms with van der Waals surface area (Å²) < 4.78 is 7.65. The fraction of sp³-hybridized carbons (Fsp3) is 0.0476. The number of hydrogen-bond acceptors (Lipinski definition) is 5. The first-order valence-corrected chi connectivity index (χ1v) is 11.3. The van der Waals surface area contributed by atoms with Crippen molar-refractivity contribution in [2.75, 3.05) is 0 Å². The standard InChI is InChI=1S/C21H14ClI2N3O4/c22-16-5-3-15(4-6-16)21(28)26-25-11-14-9-18(23)20(19(24)10-14)31-12-13-1-7-17(8-2-13)27(29)30/h1-11H,12H2,(H,26,28)/b25-11+. The van der Waals surface area contributed by atoms with E-state index in [9.17, 15) is 14.9 Å². The monoisotopic (exact) mass is 661 g/mol. The maximum absolute atomic E-state index is 12.1. The van der Waals surface area contributed by atoms with Gasteiger partial charge in [-0.1, -0.05) is 11.6 Å². The number of nitro benzene ring substituents is 1. The van der Waals surface area contributed by atoms with Crippen LogP contribution in [0.1, 0.15) is 21.5 Å². The molecule has 3 rings (SSSR count). The van der Waals surface area contributed by atoms with E-state index in [2.05, 4.69) is 55.7 Å². The smallest absolute Gasteiger partial charge is 0.271 e. The summed E-state index contributed by atoms with van der Waals surface area (Å²) in [5.74, 6) is 0.377. The van der Waals surface area contributed by atoms with Gasteiger partial charge in [0.25, 0.3) is 11.6 Å². The van der Waals surface area contributed by atoms with Gasteiger partial charge in [0, 0.05) is 22.7 Å². The molecule has 0 atom stereocenters. The summed E-state index contributed by atoms with van der Waals surface area (Å²) in [7, 11) is 0. The normalized spacial score (nSPS) is 10.8. The molecule has 1 amide bonds. The molecule has 0 saturated heterocycles. The molecule has 0 unspecified atom stereocenters. The molecule has 0 aliphatic rings. The van der Waals surface area contributed by atoms with E-state index in [-0.39, 0.29) is 18.2 Å². The Kier molecular flexibility index (Phi) is 8.21. The van der Waals surface area contributed by atoms with Crippen molar-refractivity contribution < 1.29 is 14.5 Å². The maximum atomic E-state index is 12.1. The predicted octanol–water partition coefficient (Wildman–Crippen LogP) is 5.80. The molecule has 158 valence electrons. The SMILES string of the molecule is O=C(N/N=C/c1cc(I)c(OCc2ccc([N+](=O)[O-])cc2)c(I)c1)c1ccc(Cl)cc1. The third-order valence-electron chi connectivity index (χ3n) is 4.04. The molecule has 7 nitrogen and oxygen atoms in total. The first-order chi connectivity index (χ1) is 14.8. The molecule has 0 saturated carbocycles. The number of nitrogens with zero attached hydrogens (tertiary/aromatic N) is 2. The fourth-order valence-corrected chi connectivity index (χ4v) is 4.75. The number of benzene rings is 3. The van der Waals surface area contributed by atoms with Gasteiger partial charge >= 0.3 is 0 Å². The van der Waals surface area contributed by atoms with Gasteiger partial charge in [0.15, 0.2) is 0 Å². The fourth-order valence-electron chi connectivity index (χ4n) is 2.49. The van der Waals surface area contributed by atoms with Crippen LogP contribution in [-0.2, 0) is 6.61 Å². The summed E-state index contributed by atoms with van der Waals surface area (Å²) in [4.78, 5) is 22.4. The number of nitro groups is 1. The van der Waals surface area contributed by atoms with Crippen LogP contribution in [0, 0.1) is 17.3 Å². The maximum Gasteiger partial charge on any atom is 0.271 e. The van der Waals surface area contributed by atoms with E-state index in [0.717, 1.165) is 18.3 Å². The van der Waals surface area contributed by atoms with Crippen molar-refractivity contribution >= 4 is 74.6 Å². The Bertz CT molecular complexity index is 1110. The topological polar surface area (TPSA) is 93.8 Å². The Labute approximate surface area is 210 Å². The number of rotatable bonds is 7. The Morgan fingerprint density at radius 3 is 2.29 bits per heavy atom. The molecule has 10 heteroatoms. The second-order valence-electron chi connectivity index (χ2n) is 6.23. The molecule has 31 heavy (non-hydrogen) atoms. The van der Waals surface area contributed by atoms with Crippen LogP contribution < -0.4 is 10.2 Å². The average molecular weight is 662 g/mol. The zero-order valence-electron chi connectivity index (χ0n) is 15.7. The highest BCUT2D eigenvalue weighted by molar-refractivity contribution is 14.1. The van der Waals surface area contributed by atoms with Crippen molar-refractivity contribution in [3.05, 3.63) is 99.6 Å². The van der Waals surface area contributed by atoms with E-state index in [1.54, 1.807) is 42.6 Å². The van der Waals surface area contributed by atoms with Crippen molar-refractivity contribution in [2.24, 2.45) is 5.10 Å². The highest BCUT2D eigenvalue weighted by Crippen LogP contribution is 2.29. The molecule has 3 aromatic carbocycles. The largest absolute Gasteiger partial charge is 0.487 e. The van der Waals surface area contributed by atoms with Crippen molar-refractivity contribution in [1.82, 2.24) is 5.43 Å². The van der Waals surface area contributed by atoms with E-state index in [4.69, 9.17) is 16.3 Å². The molecule has 0 aliphatic carbocycles. The van der Waals surface area contributed by atoms with Gasteiger partial charge in [0.2, 0.25) is 0 Å². The van der Waals surface area contributed by atoms with Crippen LogP contribution in [0.5, 0.6) is 5.75 Å². The van der Waals surface area contributed by atoms with Gasteiger partial charge in [0.1, 0.15) is 12.4 Å². The minimum Gasteiger partial charge on any atom is -0.487 e. The molecule has 3 aromatic rings. The van der Waals surface area contributed by atoms with Gasteiger partial charge < -0.3 is 4.74 Å². The van der Waals surface area contributed by atoms with E-state index < -0.39 is 4.92 Å². The molecule has 0 radical (unpaired) electrons. The van der Waals surface area contributed by atoms with Crippen molar-refractivity contribution in [1.29, 1.82) is 0 Å². The Morgan fingerprint density at radius 1 is 1.10 bits per heavy atom. The van der Waals surface area contributed by atoms with Crippen molar-refractivity contribution in [3.63, 3.8) is 0 Å². The number of hydrogen-bond donors (Lipinski definition) is 1. The lowest BCUT2D eigenvalue weighted by atomic mass is 10.2. The van der Waals surface area contributed by atoms with Crippen molar-refractivity contribution in [3.8, 4) is 5.75 Å². The Morgan fingerprint density at radius 2 is 1.71 bits per heavy atom. The summed E-state index contributed by atoms with van der Waals surface area (Å²) in [6.45, 7) is 0.286. The van der Waals surface area contributed by atoms with E-state index in [1.807, 2.05) is 12.1 Å². The average Bonchev–Trinajstić information content (AvgIpc) is 2.74. The van der Waals surface area contributed by atoms with Gasteiger partial charge in [-0.2, -0.15) is 5.10 Å². The number of ether oxygens (including phenoxy) is 1. The Balaban J connectivity index is 1.62. The molecule has 0 aliphatic heterocycles. The minimum absolute atomic E-state index is 0.0414. The second kappa shape index (κ2) is 10.9. The van der Waals surface area contributed by atoms with Gasteiger partial charge in [-0.05, 0) is 105 Å². The predicted molar refractivity (Wildman–Crippen MR) is 136 cm³/mol. The summed E-state index contributed by atoms with van der Waals surface area (Å²) in [6.07, 6.45) is 1.55. The van der Waals surface area contributed by atoms with E-state index in [0.29, 0.717) is 16.3 Å². The quantitative estimate of drug-likeness (QED) is 0.150. The second-order valence-corrected chi connectivity index (χ2v) is 8.99. The summed E-state index contributed by atoms with van der Waals surface area (Å²) in [5, 5.41) is 15.3. The first kappa shape index (κ1) is 23.4. The van der Waals surface area contributed by atoms with Gasteiger partial charge in [0.05, 0.1) is 18.3 Å². The van der Waals surface area contributed by atoms with Crippen LogP contribution in [-0.4, -0.2) is 17.0 Å². The zero-order chi connectivity index (χ0) is 22.4. The van der Waals surface area contributed by atoms with Crippen LogP contribution in [0.4, 0.5) is 5.69 Å². The molecule has 0 fully saturated rings. The highest BCUT2D eigenvalue weighted by atomic mass is 127. The molecular formula is C21H14ClI2N3O4.